The van der Waals surface area contributed by atoms with Crippen LogP contribution in [0.1, 0.15) is 51.9 Å². The van der Waals surface area contributed by atoms with Gasteiger partial charge in [-0.05, 0) is 19.8 Å². The van der Waals surface area contributed by atoms with Gasteiger partial charge in [-0.1, -0.05) is 25.7 Å². The summed E-state index contributed by atoms with van der Waals surface area (Å²) in [4.78, 5) is 0. The maximum Gasteiger partial charge on any atom is 0.0853 e. The van der Waals surface area contributed by atoms with Crippen LogP contribution in [0, 0.1) is 11.8 Å². The van der Waals surface area contributed by atoms with Crippen molar-refractivity contribution in [2.24, 2.45) is 5.84 Å². The number of nitrogens with one attached hydrogen (secondary N) is 1. The van der Waals surface area contributed by atoms with Crippen molar-refractivity contribution in [1.82, 2.24) is 5.43 Å². The number of methoxy groups -OCH3 is 1. The van der Waals surface area contributed by atoms with E-state index in [1.807, 2.05) is 6.92 Å². The second-order valence-electron chi connectivity index (χ2n) is 4.53. The molecule has 0 spiro atoms. The smallest absolute Gasteiger partial charge is 0.0853 e. The molecule has 3 heteroatoms. The van der Waals surface area contributed by atoms with Crippen LogP contribution in [0.5, 0.6) is 0 Å². The molecule has 1 unspecified atom stereocenters. The topological polar surface area (TPSA) is 47.3 Å². The Morgan fingerprint density at radius 2 is 1.94 bits per heavy atom. The van der Waals surface area contributed by atoms with Crippen LogP contribution in [0.25, 0.3) is 0 Å². The Morgan fingerprint density at radius 3 is 2.38 bits per heavy atom. The molecular formula is C13H24N2O. The Bertz CT molecular complexity index is 246. The van der Waals surface area contributed by atoms with E-state index in [0.29, 0.717) is 0 Å². The van der Waals surface area contributed by atoms with Crippen LogP contribution in [0.2, 0.25) is 0 Å². The first-order chi connectivity index (χ1) is 7.79. The predicted molar refractivity (Wildman–Crippen MR) is 66.6 cm³/mol. The number of rotatable bonds is 4. The van der Waals surface area contributed by atoms with Crippen LogP contribution in [-0.2, 0) is 4.74 Å². The lowest BCUT2D eigenvalue weighted by molar-refractivity contribution is -0.0515. The van der Waals surface area contributed by atoms with Crippen molar-refractivity contribution >= 4 is 0 Å². The number of hydrogen-bond donors (Lipinski definition) is 2. The van der Waals surface area contributed by atoms with Gasteiger partial charge in [0.25, 0.3) is 0 Å². The van der Waals surface area contributed by atoms with Crippen molar-refractivity contribution in [3.05, 3.63) is 0 Å². The molecule has 1 fully saturated rings. The molecule has 0 heterocycles. The zero-order valence-corrected chi connectivity index (χ0v) is 10.5. The Balaban J connectivity index is 2.75. The molecule has 0 aromatic heterocycles. The van der Waals surface area contributed by atoms with Gasteiger partial charge in [0.1, 0.15) is 0 Å². The minimum absolute atomic E-state index is 0.116. The third-order valence-electron chi connectivity index (χ3n) is 3.68. The number of hydrazine groups is 1. The summed E-state index contributed by atoms with van der Waals surface area (Å²) in [5, 5.41) is 0. The van der Waals surface area contributed by atoms with Gasteiger partial charge in [-0.3, -0.25) is 11.3 Å². The summed E-state index contributed by atoms with van der Waals surface area (Å²) in [5.41, 5.74) is 2.78. The van der Waals surface area contributed by atoms with E-state index in [-0.39, 0.29) is 11.6 Å². The lowest BCUT2D eigenvalue weighted by Crippen LogP contribution is -2.54. The molecule has 92 valence electrons. The molecule has 0 aromatic carbocycles. The number of nitrogens with two attached hydrogens (primary N) is 1. The standard InChI is InChI=1S/C13H24N2O/c1-3-4-9-12(15-14)13(16-2)10-7-5-6-8-11-13/h12,15H,5-11,14H2,1-2H3. The molecule has 1 saturated carbocycles. The summed E-state index contributed by atoms with van der Waals surface area (Å²) in [6, 6.07) is 0.142. The van der Waals surface area contributed by atoms with E-state index in [1.54, 1.807) is 7.11 Å². The van der Waals surface area contributed by atoms with Crippen LogP contribution in [0.4, 0.5) is 0 Å². The Labute approximate surface area is 99.1 Å². The number of ether oxygens (including phenoxy) is 1. The lowest BCUT2D eigenvalue weighted by atomic mass is 9.84. The normalized spacial score (nSPS) is 21.7. The molecule has 1 rings (SSSR count). The van der Waals surface area contributed by atoms with Crippen molar-refractivity contribution in [3.8, 4) is 11.8 Å². The average Bonchev–Trinajstić information content (AvgIpc) is 2.56. The molecule has 0 aliphatic heterocycles. The summed E-state index contributed by atoms with van der Waals surface area (Å²) in [5.74, 6) is 11.7. The summed E-state index contributed by atoms with van der Waals surface area (Å²) in [7, 11) is 1.80. The molecule has 0 aromatic rings. The van der Waals surface area contributed by atoms with E-state index < -0.39 is 0 Å². The van der Waals surface area contributed by atoms with Gasteiger partial charge in [0.15, 0.2) is 0 Å². The molecule has 3 N–H and O–H groups in total. The molecule has 0 bridgehead atoms. The zero-order chi connectivity index (χ0) is 11.9. The van der Waals surface area contributed by atoms with E-state index in [9.17, 15) is 0 Å². The fourth-order valence-electron chi connectivity index (χ4n) is 2.62. The molecule has 1 aliphatic carbocycles. The Kier molecular flexibility index (Phi) is 5.83. The highest BCUT2D eigenvalue weighted by atomic mass is 16.5. The first-order valence-electron chi connectivity index (χ1n) is 6.20. The van der Waals surface area contributed by atoms with Crippen molar-refractivity contribution in [1.29, 1.82) is 0 Å². The molecule has 3 nitrogen and oxygen atoms in total. The van der Waals surface area contributed by atoms with E-state index in [1.165, 1.54) is 25.7 Å². The van der Waals surface area contributed by atoms with Gasteiger partial charge in [0.05, 0.1) is 11.6 Å². The van der Waals surface area contributed by atoms with Gasteiger partial charge in [0.2, 0.25) is 0 Å². The van der Waals surface area contributed by atoms with Gasteiger partial charge in [-0.25, -0.2) is 0 Å². The molecule has 0 saturated heterocycles. The van der Waals surface area contributed by atoms with Crippen molar-refractivity contribution in [2.75, 3.05) is 7.11 Å². The summed E-state index contributed by atoms with van der Waals surface area (Å²) >= 11 is 0. The van der Waals surface area contributed by atoms with Crippen LogP contribution in [0.15, 0.2) is 0 Å². The first-order valence-corrected chi connectivity index (χ1v) is 6.20. The van der Waals surface area contributed by atoms with E-state index in [4.69, 9.17) is 10.6 Å². The van der Waals surface area contributed by atoms with Crippen LogP contribution in [0.3, 0.4) is 0 Å². The first kappa shape index (κ1) is 13.5. The van der Waals surface area contributed by atoms with Gasteiger partial charge in [0, 0.05) is 13.5 Å². The van der Waals surface area contributed by atoms with Crippen molar-refractivity contribution in [3.63, 3.8) is 0 Å². The van der Waals surface area contributed by atoms with Gasteiger partial charge < -0.3 is 4.74 Å². The third kappa shape index (κ3) is 3.21. The second kappa shape index (κ2) is 6.90. The van der Waals surface area contributed by atoms with Crippen LogP contribution < -0.4 is 11.3 Å². The minimum atomic E-state index is -0.116. The molecule has 1 atom stereocenters. The Hall–Kier alpha value is -0.560. The molecule has 16 heavy (non-hydrogen) atoms. The quantitative estimate of drug-likeness (QED) is 0.332. The maximum absolute atomic E-state index is 5.80. The summed E-state index contributed by atoms with van der Waals surface area (Å²) in [6.07, 6.45) is 8.01. The summed E-state index contributed by atoms with van der Waals surface area (Å²) < 4.78 is 5.80. The van der Waals surface area contributed by atoms with Crippen molar-refractivity contribution < 1.29 is 4.74 Å². The van der Waals surface area contributed by atoms with E-state index in [0.717, 1.165) is 19.3 Å². The minimum Gasteiger partial charge on any atom is -0.377 e. The largest absolute Gasteiger partial charge is 0.377 e. The second-order valence-corrected chi connectivity index (χ2v) is 4.53. The van der Waals surface area contributed by atoms with Gasteiger partial charge >= 0.3 is 0 Å². The highest BCUT2D eigenvalue weighted by molar-refractivity contribution is 5.04. The highest BCUT2D eigenvalue weighted by Crippen LogP contribution is 2.33. The average molecular weight is 224 g/mol. The maximum atomic E-state index is 5.80. The van der Waals surface area contributed by atoms with E-state index in [2.05, 4.69) is 17.3 Å². The molecule has 0 radical (unpaired) electrons. The van der Waals surface area contributed by atoms with E-state index >= 15 is 0 Å². The highest BCUT2D eigenvalue weighted by Gasteiger charge is 2.38. The van der Waals surface area contributed by atoms with Gasteiger partial charge in [-0.2, -0.15) is 0 Å². The SMILES string of the molecule is CC#CCC(NN)C1(OC)CCCCCC1. The molecule has 1 aliphatic rings. The monoisotopic (exact) mass is 224 g/mol. The lowest BCUT2D eigenvalue weighted by Gasteiger charge is -2.38. The third-order valence-corrected chi connectivity index (χ3v) is 3.68. The fourth-order valence-corrected chi connectivity index (χ4v) is 2.62. The van der Waals surface area contributed by atoms with Crippen molar-refractivity contribution in [2.45, 2.75) is 63.5 Å². The fraction of sp³-hybridized carbons (Fsp3) is 0.846. The van der Waals surface area contributed by atoms with Crippen LogP contribution in [-0.4, -0.2) is 18.8 Å². The summed E-state index contributed by atoms with van der Waals surface area (Å²) in [6.45, 7) is 1.86. The van der Waals surface area contributed by atoms with Gasteiger partial charge in [-0.15, -0.1) is 11.8 Å². The zero-order valence-electron chi connectivity index (χ0n) is 10.5. The number of hydrogen-bond acceptors (Lipinski definition) is 3. The predicted octanol–water partition coefficient (Wildman–Crippen LogP) is 1.97. The molecule has 0 amide bonds. The van der Waals surface area contributed by atoms with Crippen LogP contribution >= 0.6 is 0 Å². The molecular weight excluding hydrogens is 200 g/mol. The Morgan fingerprint density at radius 1 is 1.31 bits per heavy atom.